The fraction of sp³-hybridized carbons (Fsp3) is 0.500. The predicted octanol–water partition coefficient (Wildman–Crippen LogP) is 4.05. The Morgan fingerprint density at radius 2 is 1.95 bits per heavy atom. The number of nitriles is 2. The number of benzene rings is 1. The summed E-state index contributed by atoms with van der Waals surface area (Å²) in [6, 6.07) is 8.36. The number of hydrogen-bond acceptors (Lipinski definition) is 9. The highest BCUT2D eigenvalue weighted by Gasteiger charge is 2.36. The molecule has 1 aliphatic carbocycles. The molecule has 6 rings (SSSR count). The zero-order chi connectivity index (χ0) is 25.6. The van der Waals surface area contributed by atoms with Crippen LogP contribution in [0.2, 0.25) is 5.02 Å². The molecule has 10 nitrogen and oxygen atoms in total. The molecule has 3 fully saturated rings. The minimum atomic E-state index is 0.261. The van der Waals surface area contributed by atoms with E-state index in [1.54, 1.807) is 6.07 Å². The van der Waals surface area contributed by atoms with E-state index in [1.165, 1.54) is 10.7 Å². The molecule has 1 saturated carbocycles. The number of nitrogens with zero attached hydrogens (tertiary/aromatic N) is 7. The maximum absolute atomic E-state index is 9.75. The van der Waals surface area contributed by atoms with Crippen molar-refractivity contribution in [2.45, 2.75) is 44.6 Å². The number of halogens is 1. The highest BCUT2D eigenvalue weighted by Crippen LogP contribution is 2.39. The molecular formula is C26H28ClN9O. The molecule has 0 atom stereocenters. The van der Waals surface area contributed by atoms with Crippen molar-refractivity contribution in [3.8, 4) is 12.1 Å². The fourth-order valence-corrected chi connectivity index (χ4v) is 5.54. The van der Waals surface area contributed by atoms with Crippen LogP contribution in [-0.2, 0) is 4.74 Å². The van der Waals surface area contributed by atoms with Gasteiger partial charge in [-0.05, 0) is 62.4 Å². The van der Waals surface area contributed by atoms with Crippen LogP contribution in [0, 0.1) is 28.1 Å². The van der Waals surface area contributed by atoms with E-state index in [2.05, 4.69) is 49.7 Å². The lowest BCUT2D eigenvalue weighted by atomic mass is 9.84. The normalized spacial score (nSPS) is 19.7. The molecule has 2 aliphatic heterocycles. The van der Waals surface area contributed by atoms with Gasteiger partial charge in [0.1, 0.15) is 6.07 Å². The molecule has 1 aromatic carbocycles. The first kappa shape index (κ1) is 23.9. The van der Waals surface area contributed by atoms with Crippen molar-refractivity contribution < 1.29 is 4.74 Å². The second-order valence-electron chi connectivity index (χ2n) is 10.7. The zero-order valence-electron chi connectivity index (χ0n) is 20.7. The van der Waals surface area contributed by atoms with Gasteiger partial charge >= 0.3 is 0 Å². The van der Waals surface area contributed by atoms with Crippen LogP contribution in [0.15, 0.2) is 18.3 Å². The van der Waals surface area contributed by atoms with Crippen molar-refractivity contribution in [2.75, 3.05) is 43.5 Å². The Balaban J connectivity index is 1.27. The number of likely N-dealkylation sites (tertiary alicyclic amines) is 1. The zero-order valence-corrected chi connectivity index (χ0v) is 21.4. The van der Waals surface area contributed by atoms with Crippen molar-refractivity contribution in [1.29, 1.82) is 10.5 Å². The number of anilines is 3. The van der Waals surface area contributed by atoms with Crippen LogP contribution in [0.5, 0.6) is 0 Å². The Labute approximate surface area is 220 Å². The third-order valence-electron chi connectivity index (χ3n) is 7.41. The van der Waals surface area contributed by atoms with E-state index < -0.39 is 0 Å². The summed E-state index contributed by atoms with van der Waals surface area (Å²) in [5.74, 6) is 1.10. The Bertz CT molecular complexity index is 1420. The molecule has 3 aromatic rings. The van der Waals surface area contributed by atoms with Crippen LogP contribution in [0.1, 0.15) is 55.3 Å². The monoisotopic (exact) mass is 517 g/mol. The summed E-state index contributed by atoms with van der Waals surface area (Å²) in [6.45, 7) is 6.97. The molecule has 0 unspecified atom stereocenters. The lowest BCUT2D eigenvalue weighted by Gasteiger charge is -2.44. The molecule has 0 amide bonds. The molecule has 0 spiro atoms. The van der Waals surface area contributed by atoms with Crippen molar-refractivity contribution in [2.24, 2.45) is 5.41 Å². The Morgan fingerprint density at radius 1 is 1.16 bits per heavy atom. The first-order chi connectivity index (χ1) is 17.9. The summed E-state index contributed by atoms with van der Waals surface area (Å²) in [5.41, 5.74) is 3.15. The van der Waals surface area contributed by atoms with Gasteiger partial charge in [0, 0.05) is 18.0 Å². The third-order valence-corrected chi connectivity index (χ3v) is 7.83. The molecule has 190 valence electrons. The lowest BCUT2D eigenvalue weighted by Crippen LogP contribution is -2.50. The molecule has 0 bridgehead atoms. The Morgan fingerprint density at radius 3 is 2.59 bits per heavy atom. The number of nitrogens with one attached hydrogen (secondary N) is 2. The highest BCUT2D eigenvalue weighted by molar-refractivity contribution is 6.34. The van der Waals surface area contributed by atoms with Crippen LogP contribution in [0.4, 0.5) is 17.5 Å². The largest absolute Gasteiger partial charge is 0.380 e. The van der Waals surface area contributed by atoms with Crippen LogP contribution < -0.4 is 10.6 Å². The number of aromatic nitrogens is 4. The minimum absolute atomic E-state index is 0.261. The summed E-state index contributed by atoms with van der Waals surface area (Å²) in [7, 11) is 0. The average Bonchev–Trinajstić information content (AvgIpc) is 3.60. The maximum Gasteiger partial charge on any atom is 0.247 e. The van der Waals surface area contributed by atoms with Crippen LogP contribution in [0.3, 0.4) is 0 Å². The molecule has 3 aliphatic rings. The Kier molecular flexibility index (Phi) is 6.12. The van der Waals surface area contributed by atoms with Gasteiger partial charge in [-0.3, -0.25) is 0 Å². The number of piperidine rings is 1. The summed E-state index contributed by atoms with van der Waals surface area (Å²) in [6.07, 6.45) is 5.57. The van der Waals surface area contributed by atoms with E-state index in [1.807, 2.05) is 6.07 Å². The Hall–Kier alpha value is -3.44. The molecule has 2 aromatic heterocycles. The van der Waals surface area contributed by atoms with E-state index in [-0.39, 0.29) is 17.3 Å². The van der Waals surface area contributed by atoms with Gasteiger partial charge in [-0.1, -0.05) is 18.5 Å². The van der Waals surface area contributed by atoms with Crippen LogP contribution in [0.25, 0.3) is 5.65 Å². The molecule has 2 N–H and O–H groups in total. The number of fused-ring (bicyclic) bond motifs is 1. The molecule has 0 radical (unpaired) electrons. The van der Waals surface area contributed by atoms with Crippen molar-refractivity contribution in [3.63, 3.8) is 0 Å². The summed E-state index contributed by atoms with van der Waals surface area (Å²) >= 11 is 6.94. The van der Waals surface area contributed by atoms with Crippen LogP contribution in [-0.4, -0.2) is 63.4 Å². The van der Waals surface area contributed by atoms with Crippen molar-refractivity contribution in [1.82, 2.24) is 24.5 Å². The topological polar surface area (TPSA) is 127 Å². The highest BCUT2D eigenvalue weighted by atomic mass is 35.5. The summed E-state index contributed by atoms with van der Waals surface area (Å²) < 4.78 is 6.90. The molecule has 37 heavy (non-hydrogen) atoms. The SMILES string of the molecule is CC1(CN2CCC(c3cc(C#N)cc(Nc4nc(NC5CC5)c5ncc(C#N)n5n4)c3Cl)CC2)COC1. The number of hydrogen-bond donors (Lipinski definition) is 2. The van der Waals surface area contributed by atoms with Crippen molar-refractivity contribution in [3.05, 3.63) is 40.2 Å². The van der Waals surface area contributed by atoms with Gasteiger partial charge in [0.15, 0.2) is 17.2 Å². The van der Waals surface area contributed by atoms with E-state index in [4.69, 9.17) is 16.3 Å². The number of ether oxygens (including phenoxy) is 1. The summed E-state index contributed by atoms with van der Waals surface area (Å²) in [5, 5.41) is 30.9. The summed E-state index contributed by atoms with van der Waals surface area (Å²) in [4.78, 5) is 11.5. The molecule has 2 saturated heterocycles. The van der Waals surface area contributed by atoms with E-state index in [0.717, 1.165) is 64.1 Å². The average molecular weight is 518 g/mol. The third kappa shape index (κ3) is 4.80. The second kappa shape index (κ2) is 9.46. The smallest absolute Gasteiger partial charge is 0.247 e. The van der Waals surface area contributed by atoms with Gasteiger partial charge in [0.25, 0.3) is 0 Å². The van der Waals surface area contributed by atoms with Gasteiger partial charge in [0.2, 0.25) is 5.95 Å². The maximum atomic E-state index is 9.75. The van der Waals surface area contributed by atoms with Gasteiger partial charge in [-0.15, -0.1) is 5.10 Å². The number of imidazole rings is 1. The van der Waals surface area contributed by atoms with E-state index >= 15 is 0 Å². The molecule has 4 heterocycles. The predicted molar refractivity (Wildman–Crippen MR) is 139 cm³/mol. The quantitative estimate of drug-likeness (QED) is 0.477. The lowest BCUT2D eigenvalue weighted by molar-refractivity contribution is -0.116. The molecule has 11 heteroatoms. The van der Waals surface area contributed by atoms with E-state index in [9.17, 15) is 10.5 Å². The minimum Gasteiger partial charge on any atom is -0.380 e. The molecular weight excluding hydrogens is 490 g/mol. The standard InChI is InChI=1S/C26H28ClN9O/c1-26(14-37-15-26)13-35-6-4-17(5-7-35)20-8-16(10-28)9-21(22(20)27)32-25-33-23(31-18-2-3-18)24-30-12-19(11-29)36(24)34-25/h8-9,12,17-18H,2-7,13-15H2,1H3,(H2,31,32,33,34). The first-order valence-corrected chi connectivity index (χ1v) is 13.1. The first-order valence-electron chi connectivity index (χ1n) is 12.7. The van der Waals surface area contributed by atoms with Gasteiger partial charge < -0.3 is 20.3 Å². The van der Waals surface area contributed by atoms with Gasteiger partial charge in [-0.25, -0.2) is 4.98 Å². The number of rotatable bonds is 7. The van der Waals surface area contributed by atoms with Crippen LogP contribution >= 0.6 is 11.6 Å². The van der Waals surface area contributed by atoms with Crippen molar-refractivity contribution >= 4 is 34.7 Å². The van der Waals surface area contributed by atoms with E-state index in [0.29, 0.717) is 39.5 Å². The second-order valence-corrected chi connectivity index (χ2v) is 11.1. The van der Waals surface area contributed by atoms with Gasteiger partial charge in [-0.2, -0.15) is 20.0 Å². The van der Waals surface area contributed by atoms with Gasteiger partial charge in [0.05, 0.1) is 41.8 Å². The fourth-order valence-electron chi connectivity index (χ4n) is 5.23.